The van der Waals surface area contributed by atoms with Crippen LogP contribution >= 0.6 is 23.2 Å². The van der Waals surface area contributed by atoms with Gasteiger partial charge in [-0.1, -0.05) is 29.3 Å². The largest absolute Gasteiger partial charge is 0.347 e. The molecule has 0 saturated heterocycles. The van der Waals surface area contributed by atoms with Crippen molar-refractivity contribution in [1.82, 2.24) is 5.32 Å². The van der Waals surface area contributed by atoms with Crippen LogP contribution in [0.15, 0.2) is 47.4 Å². The van der Waals surface area contributed by atoms with Crippen LogP contribution < -0.4 is 10.0 Å². The van der Waals surface area contributed by atoms with Crippen LogP contribution in [0, 0.1) is 0 Å². The van der Waals surface area contributed by atoms with Crippen LogP contribution in [0.2, 0.25) is 10.0 Å². The Morgan fingerprint density at radius 2 is 1.60 bits per heavy atom. The second-order valence-electron chi connectivity index (χ2n) is 6.44. The first-order chi connectivity index (χ1) is 11.5. The van der Waals surface area contributed by atoms with Gasteiger partial charge in [-0.25, -0.2) is 8.42 Å². The molecule has 8 heteroatoms. The van der Waals surface area contributed by atoms with Crippen LogP contribution in [0.4, 0.5) is 5.69 Å². The number of anilines is 1. The zero-order valence-electron chi connectivity index (χ0n) is 13.9. The molecule has 2 aromatic carbocycles. The van der Waals surface area contributed by atoms with Crippen LogP contribution in [0.1, 0.15) is 31.1 Å². The standard InChI is InChI=1S/C17H18Cl2N2O3S/c1-17(2,3)20-16(22)11-7-9-12(10-8-11)21-25(23,24)14-6-4-5-13(18)15(14)19/h4-10,21H,1-3H3,(H,20,22). The van der Waals surface area contributed by atoms with Gasteiger partial charge in [0.05, 0.1) is 10.0 Å². The van der Waals surface area contributed by atoms with Crippen LogP contribution in [0.25, 0.3) is 0 Å². The van der Waals surface area contributed by atoms with Crippen molar-refractivity contribution in [3.05, 3.63) is 58.1 Å². The van der Waals surface area contributed by atoms with Gasteiger partial charge in [0, 0.05) is 16.8 Å². The molecule has 2 aromatic rings. The van der Waals surface area contributed by atoms with E-state index in [4.69, 9.17) is 23.2 Å². The fraction of sp³-hybridized carbons (Fsp3) is 0.235. The summed E-state index contributed by atoms with van der Waals surface area (Å²) in [5, 5.41) is 2.94. The van der Waals surface area contributed by atoms with Gasteiger partial charge in [-0.3, -0.25) is 9.52 Å². The monoisotopic (exact) mass is 400 g/mol. The van der Waals surface area contributed by atoms with E-state index >= 15 is 0 Å². The highest BCUT2D eigenvalue weighted by Gasteiger charge is 2.20. The number of benzene rings is 2. The van der Waals surface area contributed by atoms with Gasteiger partial charge in [0.15, 0.2) is 0 Å². The summed E-state index contributed by atoms with van der Waals surface area (Å²) in [5.41, 5.74) is 0.378. The lowest BCUT2D eigenvalue weighted by Crippen LogP contribution is -2.40. The van der Waals surface area contributed by atoms with Crippen molar-refractivity contribution < 1.29 is 13.2 Å². The second-order valence-corrected chi connectivity index (χ2v) is 8.87. The van der Waals surface area contributed by atoms with E-state index in [-0.39, 0.29) is 26.4 Å². The highest BCUT2D eigenvalue weighted by Crippen LogP contribution is 2.30. The Bertz CT molecular complexity index is 889. The van der Waals surface area contributed by atoms with Gasteiger partial charge in [0.25, 0.3) is 15.9 Å². The molecule has 0 aliphatic carbocycles. The van der Waals surface area contributed by atoms with Gasteiger partial charge in [0.1, 0.15) is 4.90 Å². The number of halogens is 2. The third-order valence-electron chi connectivity index (χ3n) is 3.09. The summed E-state index contributed by atoms with van der Waals surface area (Å²) in [5.74, 6) is -0.236. The van der Waals surface area contributed by atoms with Crippen molar-refractivity contribution in [3.63, 3.8) is 0 Å². The zero-order valence-corrected chi connectivity index (χ0v) is 16.3. The SMILES string of the molecule is CC(C)(C)NC(=O)c1ccc(NS(=O)(=O)c2cccc(Cl)c2Cl)cc1. The molecule has 2 rings (SSSR count). The van der Waals surface area contributed by atoms with E-state index in [0.717, 1.165) is 0 Å². The molecule has 134 valence electrons. The van der Waals surface area contributed by atoms with E-state index < -0.39 is 10.0 Å². The Morgan fingerprint density at radius 1 is 1.00 bits per heavy atom. The van der Waals surface area contributed by atoms with E-state index in [1.807, 2.05) is 20.8 Å². The molecule has 0 unspecified atom stereocenters. The molecule has 0 spiro atoms. The number of carbonyl (C=O) groups excluding carboxylic acids is 1. The minimum Gasteiger partial charge on any atom is -0.347 e. The van der Waals surface area contributed by atoms with Crippen molar-refractivity contribution in [2.75, 3.05) is 4.72 Å². The molecule has 5 nitrogen and oxygen atoms in total. The van der Waals surface area contributed by atoms with Crippen molar-refractivity contribution >= 4 is 44.8 Å². The Hall–Kier alpha value is -1.76. The minimum absolute atomic E-state index is 0.0437. The first-order valence-electron chi connectivity index (χ1n) is 7.39. The number of hydrogen-bond acceptors (Lipinski definition) is 3. The summed E-state index contributed by atoms with van der Waals surface area (Å²) >= 11 is 11.8. The molecule has 0 radical (unpaired) electrons. The van der Waals surface area contributed by atoms with E-state index in [9.17, 15) is 13.2 Å². The highest BCUT2D eigenvalue weighted by atomic mass is 35.5. The molecule has 2 N–H and O–H groups in total. The quantitative estimate of drug-likeness (QED) is 0.801. The van der Waals surface area contributed by atoms with Gasteiger partial charge in [-0.05, 0) is 57.2 Å². The van der Waals surface area contributed by atoms with E-state index in [0.29, 0.717) is 11.3 Å². The predicted octanol–water partition coefficient (Wildman–Crippen LogP) is 4.32. The third-order valence-corrected chi connectivity index (χ3v) is 5.45. The minimum atomic E-state index is -3.90. The Labute approximate surface area is 157 Å². The summed E-state index contributed by atoms with van der Waals surface area (Å²) in [4.78, 5) is 12.0. The van der Waals surface area contributed by atoms with Crippen LogP contribution in [0.3, 0.4) is 0 Å². The number of sulfonamides is 1. The molecule has 0 bridgehead atoms. The molecular formula is C17H18Cl2N2O3S. The molecule has 0 aliphatic heterocycles. The molecule has 0 fully saturated rings. The number of amides is 1. The van der Waals surface area contributed by atoms with Crippen molar-refractivity contribution in [1.29, 1.82) is 0 Å². The number of carbonyl (C=O) groups is 1. The van der Waals surface area contributed by atoms with Gasteiger partial charge >= 0.3 is 0 Å². The Morgan fingerprint density at radius 3 is 2.16 bits per heavy atom. The predicted molar refractivity (Wildman–Crippen MR) is 101 cm³/mol. The maximum absolute atomic E-state index is 12.4. The first-order valence-corrected chi connectivity index (χ1v) is 9.63. The molecule has 0 aromatic heterocycles. The maximum Gasteiger partial charge on any atom is 0.263 e. The number of rotatable bonds is 4. The second kappa shape index (κ2) is 7.23. The molecule has 25 heavy (non-hydrogen) atoms. The fourth-order valence-corrected chi connectivity index (χ4v) is 3.83. The number of nitrogens with one attached hydrogen (secondary N) is 2. The summed E-state index contributed by atoms with van der Waals surface area (Å²) in [6, 6.07) is 10.5. The summed E-state index contributed by atoms with van der Waals surface area (Å²) < 4.78 is 27.3. The van der Waals surface area contributed by atoms with Crippen LogP contribution in [-0.2, 0) is 10.0 Å². The smallest absolute Gasteiger partial charge is 0.263 e. The zero-order chi connectivity index (χ0) is 18.8. The van der Waals surface area contributed by atoms with Crippen molar-refractivity contribution in [2.24, 2.45) is 0 Å². The fourth-order valence-electron chi connectivity index (χ4n) is 2.00. The van der Waals surface area contributed by atoms with E-state index in [2.05, 4.69) is 10.0 Å². The molecule has 1 amide bonds. The summed E-state index contributed by atoms with van der Waals surface area (Å²) in [7, 11) is -3.90. The average molecular weight is 401 g/mol. The van der Waals surface area contributed by atoms with E-state index in [1.54, 1.807) is 12.1 Å². The molecule has 0 saturated carbocycles. The lowest BCUT2D eigenvalue weighted by Gasteiger charge is -2.20. The lowest BCUT2D eigenvalue weighted by molar-refractivity contribution is 0.0919. The van der Waals surface area contributed by atoms with Gasteiger partial charge < -0.3 is 5.32 Å². The van der Waals surface area contributed by atoms with Gasteiger partial charge in [-0.2, -0.15) is 0 Å². The maximum atomic E-state index is 12.4. The van der Waals surface area contributed by atoms with E-state index in [1.165, 1.54) is 30.3 Å². The van der Waals surface area contributed by atoms with Crippen LogP contribution in [0.5, 0.6) is 0 Å². The Balaban J connectivity index is 2.21. The van der Waals surface area contributed by atoms with Crippen LogP contribution in [-0.4, -0.2) is 19.9 Å². The molecule has 0 aliphatic rings. The molecular weight excluding hydrogens is 383 g/mol. The normalized spacial score (nSPS) is 11.9. The molecule has 0 heterocycles. The van der Waals surface area contributed by atoms with Crippen molar-refractivity contribution in [3.8, 4) is 0 Å². The lowest BCUT2D eigenvalue weighted by atomic mass is 10.1. The molecule has 0 atom stereocenters. The third kappa shape index (κ3) is 5.11. The number of hydrogen-bond donors (Lipinski definition) is 2. The average Bonchev–Trinajstić information content (AvgIpc) is 2.48. The summed E-state index contributed by atoms with van der Waals surface area (Å²) in [6.07, 6.45) is 0. The van der Waals surface area contributed by atoms with Crippen molar-refractivity contribution in [2.45, 2.75) is 31.2 Å². The van der Waals surface area contributed by atoms with Gasteiger partial charge in [-0.15, -0.1) is 0 Å². The highest BCUT2D eigenvalue weighted by molar-refractivity contribution is 7.92. The Kier molecular flexibility index (Phi) is 5.66. The summed E-state index contributed by atoms with van der Waals surface area (Å²) in [6.45, 7) is 5.63. The van der Waals surface area contributed by atoms with Gasteiger partial charge in [0.2, 0.25) is 0 Å². The topological polar surface area (TPSA) is 75.3 Å². The first kappa shape index (κ1) is 19.6.